The van der Waals surface area contributed by atoms with Gasteiger partial charge in [-0.05, 0) is 48.5 Å². The number of nitrogens with one attached hydrogen (secondary N) is 1. The van der Waals surface area contributed by atoms with Gasteiger partial charge in [-0.15, -0.1) is 0 Å². The van der Waals surface area contributed by atoms with Crippen molar-refractivity contribution in [2.24, 2.45) is 0 Å². The molecule has 3 rings (SSSR count). The van der Waals surface area contributed by atoms with Crippen molar-refractivity contribution in [2.45, 2.75) is 0 Å². The van der Waals surface area contributed by atoms with E-state index >= 15 is 0 Å². The normalized spacial score (nSPS) is 9.40. The van der Waals surface area contributed by atoms with Crippen LogP contribution in [0.25, 0.3) is 0 Å². The fraction of sp³-hybridized carbons (Fsp3) is 0. The van der Waals surface area contributed by atoms with Crippen molar-refractivity contribution in [1.82, 2.24) is 0 Å². The molecular formula is C22H14N2O. The molecule has 0 bridgehead atoms. The fourth-order valence-corrected chi connectivity index (χ4v) is 2.25. The molecular weight excluding hydrogens is 308 g/mol. The van der Waals surface area contributed by atoms with Crippen LogP contribution in [-0.2, 0) is 0 Å². The number of amides is 1. The Labute approximate surface area is 146 Å². The average Bonchev–Trinajstić information content (AvgIpc) is 2.68. The molecule has 3 heteroatoms. The first kappa shape index (κ1) is 16.1. The lowest BCUT2D eigenvalue weighted by atomic mass is 10.1. The van der Waals surface area contributed by atoms with Gasteiger partial charge in [0.2, 0.25) is 0 Å². The number of carbonyl (C=O) groups excluding carboxylic acids is 1. The Morgan fingerprint density at radius 3 is 2.16 bits per heavy atom. The molecule has 0 aliphatic rings. The Kier molecular flexibility index (Phi) is 4.90. The van der Waals surface area contributed by atoms with Gasteiger partial charge in [-0.1, -0.05) is 42.2 Å². The highest BCUT2D eigenvalue weighted by molar-refractivity contribution is 6.05. The third-order valence-corrected chi connectivity index (χ3v) is 3.57. The van der Waals surface area contributed by atoms with Gasteiger partial charge in [-0.3, -0.25) is 4.79 Å². The number of carbonyl (C=O) groups is 1. The highest BCUT2D eigenvalue weighted by Crippen LogP contribution is 2.16. The van der Waals surface area contributed by atoms with E-state index in [1.807, 2.05) is 60.7 Å². The fourth-order valence-electron chi connectivity index (χ4n) is 2.25. The second-order valence-corrected chi connectivity index (χ2v) is 5.30. The van der Waals surface area contributed by atoms with Crippen LogP contribution in [0.4, 0.5) is 5.69 Å². The van der Waals surface area contributed by atoms with E-state index in [-0.39, 0.29) is 5.91 Å². The summed E-state index contributed by atoms with van der Waals surface area (Å²) in [5.41, 5.74) is 3.32. The van der Waals surface area contributed by atoms with E-state index < -0.39 is 0 Å². The number of hydrogen-bond acceptors (Lipinski definition) is 2. The summed E-state index contributed by atoms with van der Waals surface area (Å²) in [5, 5.41) is 11.7. The van der Waals surface area contributed by atoms with Crippen molar-refractivity contribution in [2.75, 3.05) is 5.32 Å². The van der Waals surface area contributed by atoms with E-state index in [1.54, 1.807) is 24.3 Å². The second-order valence-electron chi connectivity index (χ2n) is 5.30. The Morgan fingerprint density at radius 1 is 0.760 bits per heavy atom. The van der Waals surface area contributed by atoms with Crippen molar-refractivity contribution >= 4 is 11.6 Å². The molecule has 0 saturated carbocycles. The van der Waals surface area contributed by atoms with Gasteiger partial charge in [0.15, 0.2) is 0 Å². The molecule has 0 aliphatic carbocycles. The van der Waals surface area contributed by atoms with Gasteiger partial charge in [0.1, 0.15) is 0 Å². The van der Waals surface area contributed by atoms with Crippen LogP contribution < -0.4 is 5.32 Å². The van der Waals surface area contributed by atoms with Gasteiger partial charge >= 0.3 is 0 Å². The summed E-state index contributed by atoms with van der Waals surface area (Å²) in [4.78, 5) is 12.4. The first-order valence-corrected chi connectivity index (χ1v) is 7.74. The largest absolute Gasteiger partial charge is 0.321 e. The van der Waals surface area contributed by atoms with Gasteiger partial charge < -0.3 is 5.32 Å². The third kappa shape index (κ3) is 4.13. The van der Waals surface area contributed by atoms with E-state index in [0.717, 1.165) is 11.1 Å². The molecule has 0 spiro atoms. The first-order valence-electron chi connectivity index (χ1n) is 7.74. The molecule has 3 nitrogen and oxygen atoms in total. The van der Waals surface area contributed by atoms with Crippen molar-refractivity contribution in [3.63, 3.8) is 0 Å². The maximum Gasteiger partial charge on any atom is 0.255 e. The van der Waals surface area contributed by atoms with Crippen molar-refractivity contribution in [3.05, 3.63) is 101 Å². The molecule has 0 aromatic heterocycles. The summed E-state index contributed by atoms with van der Waals surface area (Å²) in [6.07, 6.45) is 0. The zero-order valence-electron chi connectivity index (χ0n) is 13.4. The Hall–Kier alpha value is -3.82. The summed E-state index contributed by atoms with van der Waals surface area (Å²) in [5.74, 6) is 5.95. The average molecular weight is 322 g/mol. The number of nitriles is 1. The number of hydrogen-bond donors (Lipinski definition) is 1. The lowest BCUT2D eigenvalue weighted by molar-refractivity contribution is 0.102. The van der Waals surface area contributed by atoms with Gasteiger partial charge in [0.05, 0.1) is 17.3 Å². The highest BCUT2D eigenvalue weighted by Gasteiger charge is 2.08. The first-order chi connectivity index (χ1) is 12.3. The highest BCUT2D eigenvalue weighted by atomic mass is 16.1. The molecule has 0 radical (unpaired) electrons. The summed E-state index contributed by atoms with van der Waals surface area (Å²) < 4.78 is 0. The summed E-state index contributed by atoms with van der Waals surface area (Å²) >= 11 is 0. The van der Waals surface area contributed by atoms with Crippen LogP contribution in [0, 0.1) is 23.2 Å². The Bertz CT molecular complexity index is 988. The van der Waals surface area contributed by atoms with Crippen LogP contribution >= 0.6 is 0 Å². The summed E-state index contributed by atoms with van der Waals surface area (Å²) in [6.45, 7) is 0. The topological polar surface area (TPSA) is 52.9 Å². The van der Waals surface area contributed by atoms with E-state index in [2.05, 4.69) is 17.2 Å². The minimum absolute atomic E-state index is 0.238. The third-order valence-electron chi connectivity index (χ3n) is 3.57. The van der Waals surface area contributed by atoms with E-state index in [1.165, 1.54) is 0 Å². The number of rotatable bonds is 2. The number of anilines is 1. The second kappa shape index (κ2) is 7.64. The Balaban J connectivity index is 1.82. The zero-order chi connectivity index (χ0) is 17.5. The molecule has 0 unspecified atom stereocenters. The maximum atomic E-state index is 12.4. The van der Waals surface area contributed by atoms with Crippen molar-refractivity contribution in [1.29, 1.82) is 5.26 Å². The molecule has 118 valence electrons. The van der Waals surface area contributed by atoms with Crippen LogP contribution in [0.1, 0.15) is 27.0 Å². The molecule has 0 fully saturated rings. The van der Waals surface area contributed by atoms with Crippen molar-refractivity contribution < 1.29 is 4.79 Å². The summed E-state index contributed by atoms with van der Waals surface area (Å²) in [7, 11) is 0. The van der Waals surface area contributed by atoms with Gasteiger partial charge in [0, 0.05) is 16.7 Å². The molecule has 0 atom stereocenters. The standard InChI is InChI=1S/C22H14N2O/c23-16-18-11-14-20(15-12-18)22(25)24-21-9-5-4-8-19(21)13-10-17-6-2-1-3-7-17/h1-9,11-12,14-15H,(H,24,25). The van der Waals surface area contributed by atoms with Crippen LogP contribution in [0.2, 0.25) is 0 Å². The molecule has 3 aromatic rings. The Morgan fingerprint density at radius 2 is 1.44 bits per heavy atom. The SMILES string of the molecule is N#Cc1ccc(C(=O)Nc2ccccc2C#Cc2ccccc2)cc1. The maximum absolute atomic E-state index is 12.4. The van der Waals surface area contributed by atoms with Gasteiger partial charge in [0.25, 0.3) is 5.91 Å². The van der Waals surface area contributed by atoms with Crippen molar-refractivity contribution in [3.8, 4) is 17.9 Å². The van der Waals surface area contributed by atoms with Crippen LogP contribution in [0.5, 0.6) is 0 Å². The number of benzene rings is 3. The summed E-state index contributed by atoms with van der Waals surface area (Å²) in [6, 6.07) is 25.6. The molecule has 0 saturated heterocycles. The number of para-hydroxylation sites is 1. The monoisotopic (exact) mass is 322 g/mol. The van der Waals surface area contributed by atoms with E-state index in [0.29, 0.717) is 16.8 Å². The van der Waals surface area contributed by atoms with Crippen LogP contribution in [0.15, 0.2) is 78.9 Å². The predicted molar refractivity (Wildman–Crippen MR) is 98.0 cm³/mol. The smallest absolute Gasteiger partial charge is 0.255 e. The lowest BCUT2D eigenvalue weighted by Crippen LogP contribution is -2.12. The zero-order valence-corrected chi connectivity index (χ0v) is 13.4. The predicted octanol–water partition coefficient (Wildman–Crippen LogP) is 4.21. The lowest BCUT2D eigenvalue weighted by Gasteiger charge is -2.07. The van der Waals surface area contributed by atoms with Gasteiger partial charge in [-0.25, -0.2) is 0 Å². The van der Waals surface area contributed by atoms with Gasteiger partial charge in [-0.2, -0.15) is 5.26 Å². The molecule has 0 aliphatic heterocycles. The molecule has 3 aromatic carbocycles. The van der Waals surface area contributed by atoms with Crippen LogP contribution in [-0.4, -0.2) is 5.91 Å². The van der Waals surface area contributed by atoms with Crippen LogP contribution in [0.3, 0.4) is 0 Å². The quantitative estimate of drug-likeness (QED) is 0.719. The van der Waals surface area contributed by atoms with E-state index in [4.69, 9.17) is 5.26 Å². The van der Waals surface area contributed by atoms with E-state index in [9.17, 15) is 4.79 Å². The minimum Gasteiger partial charge on any atom is -0.321 e. The molecule has 0 heterocycles. The molecule has 1 amide bonds. The molecule has 1 N–H and O–H groups in total. The molecule has 25 heavy (non-hydrogen) atoms. The minimum atomic E-state index is -0.238. The number of nitrogens with zero attached hydrogens (tertiary/aromatic N) is 1.